The lowest BCUT2D eigenvalue weighted by Crippen LogP contribution is -2.07. The monoisotopic (exact) mass is 238 g/mol. The fourth-order valence-corrected chi connectivity index (χ4v) is 2.40. The van der Waals surface area contributed by atoms with Crippen LogP contribution in [0.5, 0.6) is 0 Å². The fraction of sp³-hybridized carbons (Fsp3) is 0.750. The summed E-state index contributed by atoms with van der Waals surface area (Å²) in [4.78, 5) is 0. The summed E-state index contributed by atoms with van der Waals surface area (Å²) in [5.41, 5.74) is 1.43. The van der Waals surface area contributed by atoms with Crippen LogP contribution in [0.3, 0.4) is 0 Å². The SMILES string of the molecule is C/C=C(\C=C(/OC)C(CC)CC)C(CC)CC. The molecule has 0 spiro atoms. The molecule has 0 fully saturated rings. The molecule has 0 aliphatic rings. The van der Waals surface area contributed by atoms with Gasteiger partial charge in [0.15, 0.2) is 0 Å². The normalized spacial score (nSPS) is 13.6. The molecule has 1 heteroatoms. The van der Waals surface area contributed by atoms with E-state index in [0.29, 0.717) is 11.8 Å². The van der Waals surface area contributed by atoms with Gasteiger partial charge in [0.1, 0.15) is 0 Å². The van der Waals surface area contributed by atoms with Crippen LogP contribution in [-0.4, -0.2) is 7.11 Å². The van der Waals surface area contributed by atoms with Crippen molar-refractivity contribution in [2.75, 3.05) is 7.11 Å². The molecule has 0 aromatic heterocycles. The topological polar surface area (TPSA) is 9.23 Å². The third-order valence-electron chi connectivity index (χ3n) is 3.72. The number of allylic oxidation sites excluding steroid dienone is 4. The van der Waals surface area contributed by atoms with Gasteiger partial charge in [-0.2, -0.15) is 0 Å². The average molecular weight is 238 g/mol. The molecule has 0 saturated heterocycles. The van der Waals surface area contributed by atoms with Gasteiger partial charge < -0.3 is 4.74 Å². The van der Waals surface area contributed by atoms with Crippen molar-refractivity contribution in [3.63, 3.8) is 0 Å². The number of hydrogen-bond acceptors (Lipinski definition) is 1. The fourth-order valence-electron chi connectivity index (χ4n) is 2.40. The van der Waals surface area contributed by atoms with Crippen molar-refractivity contribution >= 4 is 0 Å². The van der Waals surface area contributed by atoms with E-state index in [0.717, 1.165) is 18.6 Å². The summed E-state index contributed by atoms with van der Waals surface area (Å²) in [5, 5.41) is 0. The van der Waals surface area contributed by atoms with Crippen LogP contribution in [0.4, 0.5) is 0 Å². The van der Waals surface area contributed by atoms with Crippen molar-refractivity contribution in [3.8, 4) is 0 Å². The second-order valence-corrected chi connectivity index (χ2v) is 4.57. The van der Waals surface area contributed by atoms with E-state index in [-0.39, 0.29) is 0 Å². The van der Waals surface area contributed by atoms with E-state index >= 15 is 0 Å². The van der Waals surface area contributed by atoms with Crippen molar-refractivity contribution in [1.82, 2.24) is 0 Å². The largest absolute Gasteiger partial charge is 0.501 e. The zero-order valence-corrected chi connectivity index (χ0v) is 12.5. The van der Waals surface area contributed by atoms with E-state index in [2.05, 4.69) is 46.8 Å². The Bertz CT molecular complexity index is 242. The highest BCUT2D eigenvalue weighted by atomic mass is 16.5. The van der Waals surface area contributed by atoms with Crippen molar-refractivity contribution in [1.29, 1.82) is 0 Å². The van der Waals surface area contributed by atoms with Crippen LogP contribution >= 0.6 is 0 Å². The van der Waals surface area contributed by atoms with E-state index in [1.807, 2.05) is 0 Å². The molecule has 0 aliphatic carbocycles. The first-order valence-electron chi connectivity index (χ1n) is 7.09. The summed E-state index contributed by atoms with van der Waals surface area (Å²) in [6, 6.07) is 0. The summed E-state index contributed by atoms with van der Waals surface area (Å²) >= 11 is 0. The molecule has 0 aliphatic heterocycles. The van der Waals surface area contributed by atoms with Crippen LogP contribution in [0.15, 0.2) is 23.5 Å². The maximum absolute atomic E-state index is 5.59. The predicted molar refractivity (Wildman–Crippen MR) is 77.0 cm³/mol. The molecule has 100 valence electrons. The highest BCUT2D eigenvalue weighted by Crippen LogP contribution is 2.26. The Morgan fingerprint density at radius 3 is 1.71 bits per heavy atom. The lowest BCUT2D eigenvalue weighted by molar-refractivity contribution is 0.234. The number of methoxy groups -OCH3 is 1. The molecular formula is C16H30O. The third kappa shape index (κ3) is 4.97. The number of rotatable bonds is 8. The van der Waals surface area contributed by atoms with E-state index in [1.54, 1.807) is 7.11 Å². The molecule has 0 amide bonds. The smallest absolute Gasteiger partial charge is 0.0988 e. The number of hydrogen-bond donors (Lipinski definition) is 0. The summed E-state index contributed by atoms with van der Waals surface area (Å²) in [5.74, 6) is 2.37. The molecule has 17 heavy (non-hydrogen) atoms. The Balaban J connectivity index is 5.01. The Morgan fingerprint density at radius 2 is 1.41 bits per heavy atom. The van der Waals surface area contributed by atoms with Crippen molar-refractivity contribution in [3.05, 3.63) is 23.5 Å². The van der Waals surface area contributed by atoms with Gasteiger partial charge in [0, 0.05) is 5.92 Å². The van der Waals surface area contributed by atoms with Crippen molar-refractivity contribution < 1.29 is 4.74 Å². The van der Waals surface area contributed by atoms with Gasteiger partial charge in [0.2, 0.25) is 0 Å². The molecule has 0 aromatic carbocycles. The maximum atomic E-state index is 5.59. The molecule has 0 N–H and O–H groups in total. The van der Waals surface area contributed by atoms with E-state index in [9.17, 15) is 0 Å². The Hall–Kier alpha value is -0.720. The van der Waals surface area contributed by atoms with Gasteiger partial charge in [0.25, 0.3) is 0 Å². The van der Waals surface area contributed by atoms with Gasteiger partial charge in [-0.1, -0.05) is 33.8 Å². The van der Waals surface area contributed by atoms with Gasteiger partial charge in [-0.3, -0.25) is 0 Å². The summed E-state index contributed by atoms with van der Waals surface area (Å²) < 4.78 is 5.59. The molecule has 0 atom stereocenters. The van der Waals surface area contributed by atoms with Gasteiger partial charge >= 0.3 is 0 Å². The minimum Gasteiger partial charge on any atom is -0.501 e. The first-order chi connectivity index (χ1) is 8.18. The number of ether oxygens (including phenoxy) is 1. The third-order valence-corrected chi connectivity index (χ3v) is 3.72. The zero-order valence-electron chi connectivity index (χ0n) is 12.5. The highest BCUT2D eigenvalue weighted by Gasteiger charge is 2.14. The first kappa shape index (κ1) is 16.3. The first-order valence-corrected chi connectivity index (χ1v) is 7.09. The molecule has 0 rings (SSSR count). The molecule has 0 saturated carbocycles. The molecule has 0 radical (unpaired) electrons. The Labute approximate surface area is 108 Å². The second-order valence-electron chi connectivity index (χ2n) is 4.57. The van der Waals surface area contributed by atoms with Crippen LogP contribution in [0, 0.1) is 11.8 Å². The Kier molecular flexibility index (Phi) is 8.93. The molecule has 0 bridgehead atoms. The lowest BCUT2D eigenvalue weighted by Gasteiger charge is -2.19. The van der Waals surface area contributed by atoms with Crippen LogP contribution in [0.25, 0.3) is 0 Å². The van der Waals surface area contributed by atoms with E-state index < -0.39 is 0 Å². The van der Waals surface area contributed by atoms with Gasteiger partial charge in [-0.15, -0.1) is 0 Å². The molecule has 0 heterocycles. The van der Waals surface area contributed by atoms with Crippen LogP contribution < -0.4 is 0 Å². The second kappa shape index (κ2) is 9.32. The minimum absolute atomic E-state index is 0.560. The zero-order chi connectivity index (χ0) is 13.3. The standard InChI is InChI=1S/C16H30O/c1-7-13(8-2)15(11-5)12-16(17-6)14(9-3)10-4/h11-14H,7-10H2,1-6H3/b15-11+,16-12-. The minimum atomic E-state index is 0.560. The van der Waals surface area contributed by atoms with Crippen LogP contribution in [-0.2, 0) is 4.74 Å². The highest BCUT2D eigenvalue weighted by molar-refractivity contribution is 5.24. The molecule has 0 unspecified atom stereocenters. The Morgan fingerprint density at radius 1 is 0.941 bits per heavy atom. The average Bonchev–Trinajstić information content (AvgIpc) is 2.37. The quantitative estimate of drug-likeness (QED) is 0.410. The van der Waals surface area contributed by atoms with Crippen molar-refractivity contribution in [2.24, 2.45) is 11.8 Å². The van der Waals surface area contributed by atoms with E-state index in [4.69, 9.17) is 4.74 Å². The molecule has 0 aromatic rings. The maximum Gasteiger partial charge on any atom is 0.0988 e. The predicted octanol–water partition coefficient (Wildman–Crippen LogP) is 5.34. The van der Waals surface area contributed by atoms with Gasteiger partial charge in [-0.05, 0) is 50.2 Å². The lowest BCUT2D eigenvalue weighted by atomic mass is 9.90. The van der Waals surface area contributed by atoms with Crippen LogP contribution in [0.1, 0.15) is 60.3 Å². The van der Waals surface area contributed by atoms with Crippen molar-refractivity contribution in [2.45, 2.75) is 60.3 Å². The molecule has 1 nitrogen and oxygen atoms in total. The van der Waals surface area contributed by atoms with Gasteiger partial charge in [-0.25, -0.2) is 0 Å². The van der Waals surface area contributed by atoms with Gasteiger partial charge in [0.05, 0.1) is 12.9 Å². The molecular weight excluding hydrogens is 208 g/mol. The summed E-state index contributed by atoms with van der Waals surface area (Å²) in [7, 11) is 1.80. The summed E-state index contributed by atoms with van der Waals surface area (Å²) in [6.07, 6.45) is 9.21. The van der Waals surface area contributed by atoms with E-state index in [1.165, 1.54) is 18.4 Å². The van der Waals surface area contributed by atoms with Crippen LogP contribution in [0.2, 0.25) is 0 Å². The summed E-state index contributed by atoms with van der Waals surface area (Å²) in [6.45, 7) is 11.1.